The molecule has 108 valence electrons. The molecular formula is C14H14F3NO2. The molecule has 3 rings (SSSR count). The number of benzene rings is 1. The number of rotatable bonds is 2. The largest absolute Gasteiger partial charge is 0.481 e. The molecule has 20 heavy (non-hydrogen) atoms. The predicted molar refractivity (Wildman–Crippen MR) is 65.3 cm³/mol. The Morgan fingerprint density at radius 3 is 2.50 bits per heavy atom. The quantitative estimate of drug-likeness (QED) is 0.878. The van der Waals surface area contributed by atoms with Gasteiger partial charge in [0.2, 0.25) is 0 Å². The average Bonchev–Trinajstić information content (AvgIpc) is 2.98. The molecular weight excluding hydrogens is 271 g/mol. The van der Waals surface area contributed by atoms with Gasteiger partial charge in [0.15, 0.2) is 0 Å². The first kappa shape index (κ1) is 13.4. The highest BCUT2D eigenvalue weighted by Gasteiger charge is 2.59. The first-order chi connectivity index (χ1) is 9.35. The van der Waals surface area contributed by atoms with Crippen LogP contribution in [0.3, 0.4) is 0 Å². The number of carbonyl (C=O) groups is 1. The lowest BCUT2D eigenvalue weighted by atomic mass is 9.67. The SMILES string of the molecule is O=C(O)C1(c2ccccc2C(F)(F)F)CC2CCC1N2. The van der Waals surface area contributed by atoms with E-state index in [1.54, 1.807) is 0 Å². The summed E-state index contributed by atoms with van der Waals surface area (Å²) in [6.07, 6.45) is -2.89. The van der Waals surface area contributed by atoms with Gasteiger partial charge < -0.3 is 10.4 Å². The lowest BCUT2D eigenvalue weighted by molar-refractivity contribution is -0.147. The van der Waals surface area contributed by atoms with Crippen molar-refractivity contribution in [3.63, 3.8) is 0 Å². The predicted octanol–water partition coefficient (Wildman–Crippen LogP) is 2.55. The van der Waals surface area contributed by atoms with E-state index in [0.29, 0.717) is 6.42 Å². The Morgan fingerprint density at radius 1 is 1.30 bits per heavy atom. The number of alkyl halides is 3. The van der Waals surface area contributed by atoms with Crippen LogP contribution in [0.1, 0.15) is 30.4 Å². The molecule has 2 saturated heterocycles. The molecule has 2 aliphatic heterocycles. The summed E-state index contributed by atoms with van der Waals surface area (Å²) in [7, 11) is 0. The summed E-state index contributed by atoms with van der Waals surface area (Å²) < 4.78 is 39.5. The van der Waals surface area contributed by atoms with E-state index in [1.807, 2.05) is 0 Å². The van der Waals surface area contributed by atoms with E-state index in [9.17, 15) is 23.1 Å². The Labute approximate surface area is 113 Å². The van der Waals surface area contributed by atoms with Crippen molar-refractivity contribution in [2.24, 2.45) is 0 Å². The van der Waals surface area contributed by atoms with E-state index in [4.69, 9.17) is 0 Å². The van der Waals surface area contributed by atoms with E-state index < -0.39 is 29.2 Å². The lowest BCUT2D eigenvalue weighted by Gasteiger charge is -2.34. The van der Waals surface area contributed by atoms with Gasteiger partial charge in [-0.15, -0.1) is 0 Å². The normalized spacial score (nSPS) is 32.5. The summed E-state index contributed by atoms with van der Waals surface area (Å²) in [4.78, 5) is 11.8. The highest BCUT2D eigenvalue weighted by molar-refractivity contribution is 5.84. The maximum Gasteiger partial charge on any atom is 0.416 e. The Morgan fingerprint density at radius 2 is 2.00 bits per heavy atom. The molecule has 3 nitrogen and oxygen atoms in total. The monoisotopic (exact) mass is 285 g/mol. The zero-order chi connectivity index (χ0) is 14.5. The van der Waals surface area contributed by atoms with Crippen LogP contribution in [0.2, 0.25) is 0 Å². The minimum atomic E-state index is -4.54. The van der Waals surface area contributed by atoms with Crippen LogP contribution in [-0.2, 0) is 16.4 Å². The molecule has 2 fully saturated rings. The van der Waals surface area contributed by atoms with Crippen molar-refractivity contribution >= 4 is 5.97 Å². The van der Waals surface area contributed by atoms with Crippen LogP contribution in [0, 0.1) is 0 Å². The number of carboxylic acids is 1. The number of carboxylic acid groups (broad SMARTS) is 1. The van der Waals surface area contributed by atoms with E-state index in [2.05, 4.69) is 5.32 Å². The highest BCUT2D eigenvalue weighted by Crippen LogP contribution is 2.49. The number of nitrogens with one attached hydrogen (secondary N) is 1. The number of fused-ring (bicyclic) bond motifs is 2. The molecule has 0 spiro atoms. The van der Waals surface area contributed by atoms with Crippen molar-refractivity contribution in [1.82, 2.24) is 5.32 Å². The number of hydrogen-bond acceptors (Lipinski definition) is 2. The van der Waals surface area contributed by atoms with Crippen LogP contribution < -0.4 is 5.32 Å². The molecule has 1 aromatic rings. The molecule has 0 radical (unpaired) electrons. The van der Waals surface area contributed by atoms with Crippen molar-refractivity contribution < 1.29 is 23.1 Å². The molecule has 3 unspecified atom stereocenters. The topological polar surface area (TPSA) is 49.3 Å². The molecule has 3 atom stereocenters. The Balaban J connectivity index is 2.18. The van der Waals surface area contributed by atoms with Gasteiger partial charge in [-0.05, 0) is 30.9 Å². The van der Waals surface area contributed by atoms with E-state index in [0.717, 1.165) is 12.5 Å². The number of halogens is 3. The van der Waals surface area contributed by atoms with E-state index in [1.165, 1.54) is 18.2 Å². The van der Waals surface area contributed by atoms with E-state index in [-0.39, 0.29) is 18.0 Å². The Kier molecular flexibility index (Phi) is 2.83. The van der Waals surface area contributed by atoms with Gasteiger partial charge in [0.05, 0.1) is 5.56 Å². The van der Waals surface area contributed by atoms with Gasteiger partial charge in [-0.2, -0.15) is 13.2 Å². The summed E-state index contributed by atoms with van der Waals surface area (Å²) in [6.45, 7) is 0. The summed E-state index contributed by atoms with van der Waals surface area (Å²) in [5.74, 6) is -1.17. The standard InChI is InChI=1S/C14H14F3NO2/c15-14(16,17)10-4-2-1-3-9(10)13(12(19)20)7-8-5-6-11(13)18-8/h1-4,8,11,18H,5-7H2,(H,19,20). The van der Waals surface area contributed by atoms with Gasteiger partial charge in [-0.25, -0.2) is 0 Å². The fourth-order valence-corrected chi connectivity index (χ4v) is 3.67. The first-order valence-corrected chi connectivity index (χ1v) is 6.52. The van der Waals surface area contributed by atoms with Gasteiger partial charge in [-0.3, -0.25) is 4.79 Å². The minimum absolute atomic E-state index is 0.00242. The third-order valence-corrected chi connectivity index (χ3v) is 4.50. The van der Waals surface area contributed by atoms with Gasteiger partial charge in [0, 0.05) is 12.1 Å². The summed E-state index contributed by atoms with van der Waals surface area (Å²) in [5, 5.41) is 12.8. The van der Waals surface area contributed by atoms with E-state index >= 15 is 0 Å². The third-order valence-electron chi connectivity index (χ3n) is 4.50. The van der Waals surface area contributed by atoms with Crippen LogP contribution in [0.15, 0.2) is 24.3 Å². The average molecular weight is 285 g/mol. The summed E-state index contributed by atoms with van der Waals surface area (Å²) in [5.41, 5.74) is -2.41. The Hall–Kier alpha value is -1.56. The van der Waals surface area contributed by atoms with Crippen LogP contribution in [0.4, 0.5) is 13.2 Å². The number of aliphatic carboxylic acids is 1. The smallest absolute Gasteiger partial charge is 0.416 e. The molecule has 2 heterocycles. The van der Waals surface area contributed by atoms with Gasteiger partial charge in [0.25, 0.3) is 0 Å². The second-order valence-electron chi connectivity index (χ2n) is 5.52. The molecule has 0 saturated carbocycles. The maximum atomic E-state index is 13.2. The third kappa shape index (κ3) is 1.74. The summed E-state index contributed by atoms with van der Waals surface area (Å²) in [6, 6.07) is 4.61. The van der Waals surface area contributed by atoms with Crippen molar-refractivity contribution in [3.05, 3.63) is 35.4 Å². The van der Waals surface area contributed by atoms with Gasteiger partial charge >= 0.3 is 12.1 Å². The van der Waals surface area contributed by atoms with Crippen molar-refractivity contribution in [3.8, 4) is 0 Å². The maximum absolute atomic E-state index is 13.2. The molecule has 6 heteroatoms. The molecule has 2 N–H and O–H groups in total. The van der Waals surface area contributed by atoms with Crippen LogP contribution in [0.5, 0.6) is 0 Å². The van der Waals surface area contributed by atoms with Crippen LogP contribution in [0.25, 0.3) is 0 Å². The summed E-state index contributed by atoms with van der Waals surface area (Å²) >= 11 is 0. The molecule has 1 aromatic carbocycles. The zero-order valence-corrected chi connectivity index (χ0v) is 10.6. The second-order valence-corrected chi connectivity index (χ2v) is 5.52. The zero-order valence-electron chi connectivity index (χ0n) is 10.6. The molecule has 2 bridgehead atoms. The van der Waals surface area contributed by atoms with Crippen LogP contribution in [-0.4, -0.2) is 23.2 Å². The minimum Gasteiger partial charge on any atom is -0.481 e. The lowest BCUT2D eigenvalue weighted by Crippen LogP contribution is -2.47. The fourth-order valence-electron chi connectivity index (χ4n) is 3.67. The molecule has 0 aliphatic carbocycles. The second kappa shape index (κ2) is 4.22. The molecule has 0 aromatic heterocycles. The van der Waals surface area contributed by atoms with Crippen molar-refractivity contribution in [2.45, 2.75) is 42.9 Å². The molecule has 2 aliphatic rings. The van der Waals surface area contributed by atoms with Gasteiger partial charge in [-0.1, -0.05) is 18.2 Å². The first-order valence-electron chi connectivity index (χ1n) is 6.52. The Bertz CT molecular complexity index is 558. The molecule has 0 amide bonds. The van der Waals surface area contributed by atoms with Crippen LogP contribution >= 0.6 is 0 Å². The van der Waals surface area contributed by atoms with Crippen molar-refractivity contribution in [1.29, 1.82) is 0 Å². The fraction of sp³-hybridized carbons (Fsp3) is 0.500. The van der Waals surface area contributed by atoms with Crippen molar-refractivity contribution in [2.75, 3.05) is 0 Å². The van der Waals surface area contributed by atoms with Gasteiger partial charge in [0.1, 0.15) is 5.41 Å². The number of hydrogen-bond donors (Lipinski definition) is 2. The highest BCUT2D eigenvalue weighted by atomic mass is 19.4.